The zero-order chi connectivity index (χ0) is 25.0. The van der Waals surface area contributed by atoms with E-state index in [4.69, 9.17) is 14.2 Å². The standard InChI is InChI=1S/C26H32N2O6/c1-16(2)34-18-9-7-17(8-10-18)24(29)22-23(20-15-19(32-5)11-12-21(20)33-6)28(14-13-27(3)4)26(31)25(22)30/h7-12,15-16,23,29H,13-14H2,1-6H3/b24-22+. The molecule has 1 atom stereocenters. The number of carbonyl (C=O) groups excluding carboxylic acids is 2. The number of Topliss-reactive ketones (excluding diaryl/α,β-unsaturated/α-hetero) is 1. The predicted molar refractivity (Wildman–Crippen MR) is 129 cm³/mol. The van der Waals surface area contributed by atoms with Gasteiger partial charge in [0, 0.05) is 24.2 Å². The van der Waals surface area contributed by atoms with E-state index < -0.39 is 17.7 Å². The van der Waals surface area contributed by atoms with E-state index in [1.807, 2.05) is 32.8 Å². The van der Waals surface area contributed by atoms with Crippen molar-refractivity contribution in [2.24, 2.45) is 0 Å². The van der Waals surface area contributed by atoms with Gasteiger partial charge in [0.05, 0.1) is 31.9 Å². The summed E-state index contributed by atoms with van der Waals surface area (Å²) in [6, 6.07) is 11.1. The number of methoxy groups -OCH3 is 2. The third-order valence-corrected chi connectivity index (χ3v) is 5.56. The number of likely N-dealkylation sites (tertiary alicyclic amines) is 1. The molecule has 3 rings (SSSR count). The summed E-state index contributed by atoms with van der Waals surface area (Å²) in [6.07, 6.45) is 0.00185. The van der Waals surface area contributed by atoms with Gasteiger partial charge in [0.2, 0.25) is 0 Å². The van der Waals surface area contributed by atoms with Crippen LogP contribution >= 0.6 is 0 Å². The Morgan fingerprint density at radius 2 is 1.68 bits per heavy atom. The molecule has 1 aliphatic heterocycles. The maximum Gasteiger partial charge on any atom is 0.295 e. The summed E-state index contributed by atoms with van der Waals surface area (Å²) < 4.78 is 16.6. The van der Waals surface area contributed by atoms with Crippen LogP contribution in [-0.4, -0.2) is 74.1 Å². The van der Waals surface area contributed by atoms with Crippen LogP contribution in [0.5, 0.6) is 17.2 Å². The van der Waals surface area contributed by atoms with Crippen molar-refractivity contribution in [3.8, 4) is 17.2 Å². The van der Waals surface area contributed by atoms with E-state index in [-0.39, 0.29) is 17.4 Å². The normalized spacial score (nSPS) is 17.5. The van der Waals surface area contributed by atoms with E-state index in [1.54, 1.807) is 42.5 Å². The molecule has 8 nitrogen and oxygen atoms in total. The Kier molecular flexibility index (Phi) is 7.83. The van der Waals surface area contributed by atoms with Gasteiger partial charge < -0.3 is 29.1 Å². The summed E-state index contributed by atoms with van der Waals surface area (Å²) in [7, 11) is 6.83. The van der Waals surface area contributed by atoms with Gasteiger partial charge in [0.25, 0.3) is 11.7 Å². The Bertz CT molecular complexity index is 1080. The fraction of sp³-hybridized carbons (Fsp3) is 0.385. The van der Waals surface area contributed by atoms with Gasteiger partial charge in [-0.1, -0.05) is 0 Å². The van der Waals surface area contributed by atoms with E-state index in [1.165, 1.54) is 19.1 Å². The number of benzene rings is 2. The number of aliphatic hydroxyl groups is 1. The molecular weight excluding hydrogens is 436 g/mol. The number of aliphatic hydroxyl groups excluding tert-OH is 1. The second kappa shape index (κ2) is 10.6. The topological polar surface area (TPSA) is 88.5 Å². The molecule has 8 heteroatoms. The predicted octanol–water partition coefficient (Wildman–Crippen LogP) is 3.47. The van der Waals surface area contributed by atoms with Gasteiger partial charge >= 0.3 is 0 Å². The monoisotopic (exact) mass is 468 g/mol. The van der Waals surface area contributed by atoms with Gasteiger partial charge in [-0.3, -0.25) is 9.59 Å². The first kappa shape index (κ1) is 25.1. The lowest BCUT2D eigenvalue weighted by molar-refractivity contribution is -0.140. The molecule has 1 N–H and O–H groups in total. The van der Waals surface area contributed by atoms with Gasteiger partial charge in [-0.25, -0.2) is 0 Å². The van der Waals surface area contributed by atoms with Crippen LogP contribution in [0.4, 0.5) is 0 Å². The van der Waals surface area contributed by atoms with Crippen LogP contribution in [0.3, 0.4) is 0 Å². The van der Waals surface area contributed by atoms with E-state index in [2.05, 4.69) is 0 Å². The molecule has 1 aliphatic rings. The Hall–Kier alpha value is -3.52. The summed E-state index contributed by atoms with van der Waals surface area (Å²) in [4.78, 5) is 29.7. The SMILES string of the molecule is COc1ccc(OC)c(C2/C(=C(\O)c3ccc(OC(C)C)cc3)C(=O)C(=O)N2CCN(C)C)c1. The molecular formula is C26H32N2O6. The summed E-state index contributed by atoms with van der Waals surface area (Å²) in [5.41, 5.74) is 0.975. The molecule has 0 spiro atoms. The molecule has 1 saturated heterocycles. The highest BCUT2D eigenvalue weighted by atomic mass is 16.5. The maximum atomic E-state index is 13.2. The van der Waals surface area contributed by atoms with E-state index in [9.17, 15) is 14.7 Å². The lowest BCUT2D eigenvalue weighted by atomic mass is 9.94. The number of hydrogen-bond acceptors (Lipinski definition) is 7. The average molecular weight is 469 g/mol. The van der Waals surface area contributed by atoms with E-state index >= 15 is 0 Å². The molecule has 0 aromatic heterocycles. The minimum atomic E-state index is -0.836. The molecule has 1 heterocycles. The number of carbonyl (C=O) groups is 2. The molecule has 182 valence electrons. The van der Waals surface area contributed by atoms with Crippen LogP contribution in [0, 0.1) is 0 Å². The minimum Gasteiger partial charge on any atom is -0.507 e. The van der Waals surface area contributed by atoms with Gasteiger partial charge in [-0.2, -0.15) is 0 Å². The fourth-order valence-electron chi connectivity index (χ4n) is 3.91. The van der Waals surface area contributed by atoms with E-state index in [0.717, 1.165) is 0 Å². The van der Waals surface area contributed by atoms with E-state index in [0.29, 0.717) is 41.5 Å². The second-order valence-electron chi connectivity index (χ2n) is 8.59. The van der Waals surface area contributed by atoms with Crippen molar-refractivity contribution >= 4 is 17.4 Å². The Labute approximate surface area is 200 Å². The van der Waals surface area contributed by atoms with Crippen LogP contribution in [0.15, 0.2) is 48.0 Å². The molecule has 1 fully saturated rings. The summed E-state index contributed by atoms with van der Waals surface area (Å²) in [5.74, 6) is 0.00524. The number of nitrogens with zero attached hydrogens (tertiary/aromatic N) is 2. The lowest BCUT2D eigenvalue weighted by Crippen LogP contribution is -2.35. The highest BCUT2D eigenvalue weighted by Gasteiger charge is 2.47. The molecule has 0 bridgehead atoms. The number of amides is 1. The van der Waals surface area contributed by atoms with Crippen molar-refractivity contribution in [3.05, 3.63) is 59.2 Å². The first-order valence-corrected chi connectivity index (χ1v) is 11.1. The van der Waals surface area contributed by atoms with Crippen molar-refractivity contribution in [1.82, 2.24) is 9.80 Å². The highest BCUT2D eigenvalue weighted by molar-refractivity contribution is 6.46. The average Bonchev–Trinajstić information content (AvgIpc) is 3.06. The first-order chi connectivity index (χ1) is 16.2. The lowest BCUT2D eigenvalue weighted by Gasteiger charge is -2.28. The summed E-state index contributed by atoms with van der Waals surface area (Å²) >= 11 is 0. The zero-order valence-corrected chi connectivity index (χ0v) is 20.5. The highest BCUT2D eigenvalue weighted by Crippen LogP contribution is 2.43. The molecule has 34 heavy (non-hydrogen) atoms. The number of rotatable bonds is 9. The van der Waals surface area contributed by atoms with Gasteiger partial charge in [0.15, 0.2) is 0 Å². The minimum absolute atomic E-state index is 0.00185. The van der Waals surface area contributed by atoms with Crippen molar-refractivity contribution in [2.75, 3.05) is 41.4 Å². The fourth-order valence-corrected chi connectivity index (χ4v) is 3.91. The van der Waals surface area contributed by atoms with Gasteiger partial charge in [-0.15, -0.1) is 0 Å². The molecule has 0 radical (unpaired) electrons. The quantitative estimate of drug-likeness (QED) is 0.342. The van der Waals surface area contributed by atoms with Crippen LogP contribution in [0.25, 0.3) is 5.76 Å². The Balaban J connectivity index is 2.17. The smallest absolute Gasteiger partial charge is 0.295 e. The molecule has 2 aromatic carbocycles. The first-order valence-electron chi connectivity index (χ1n) is 11.1. The van der Waals surface area contributed by atoms with Crippen LogP contribution in [0.1, 0.15) is 31.0 Å². The molecule has 1 unspecified atom stereocenters. The largest absolute Gasteiger partial charge is 0.507 e. The number of hydrogen-bond donors (Lipinski definition) is 1. The van der Waals surface area contributed by atoms with Crippen molar-refractivity contribution in [2.45, 2.75) is 26.0 Å². The summed E-state index contributed by atoms with van der Waals surface area (Å²) in [6.45, 7) is 4.67. The summed E-state index contributed by atoms with van der Waals surface area (Å²) in [5, 5.41) is 11.3. The zero-order valence-electron chi connectivity index (χ0n) is 20.5. The molecule has 2 aromatic rings. The molecule has 1 amide bonds. The van der Waals surface area contributed by atoms with Gasteiger partial charge in [0.1, 0.15) is 23.0 Å². The second-order valence-corrected chi connectivity index (χ2v) is 8.59. The van der Waals surface area contributed by atoms with Crippen LogP contribution < -0.4 is 14.2 Å². The van der Waals surface area contributed by atoms with Gasteiger partial charge in [-0.05, 0) is 70.4 Å². The third-order valence-electron chi connectivity index (χ3n) is 5.56. The van der Waals surface area contributed by atoms with Crippen molar-refractivity contribution < 1.29 is 28.9 Å². The van der Waals surface area contributed by atoms with Crippen molar-refractivity contribution in [1.29, 1.82) is 0 Å². The van der Waals surface area contributed by atoms with Crippen LogP contribution in [-0.2, 0) is 9.59 Å². The number of ketones is 1. The van der Waals surface area contributed by atoms with Crippen molar-refractivity contribution in [3.63, 3.8) is 0 Å². The Morgan fingerprint density at radius 1 is 1.03 bits per heavy atom. The maximum absolute atomic E-state index is 13.2. The van der Waals surface area contributed by atoms with Crippen LogP contribution in [0.2, 0.25) is 0 Å². The number of likely N-dealkylation sites (N-methyl/N-ethyl adjacent to an activating group) is 1. The Morgan fingerprint density at radius 3 is 2.24 bits per heavy atom. The number of ether oxygens (including phenoxy) is 3. The third kappa shape index (κ3) is 5.17. The molecule has 0 aliphatic carbocycles. The molecule has 0 saturated carbocycles.